The van der Waals surface area contributed by atoms with Gasteiger partial charge in [0.15, 0.2) is 0 Å². The van der Waals surface area contributed by atoms with Crippen molar-refractivity contribution in [3.05, 3.63) is 53.9 Å². The number of benzene rings is 2. The van der Waals surface area contributed by atoms with Crippen LogP contribution < -0.4 is 10.1 Å². The second kappa shape index (κ2) is 6.45. The number of methoxy groups -OCH3 is 1. The SMILES string of the molecule is COc1ccc(-c2cc(=NCC(=O)O)c3cc(O)ccc3o2)cc1. The first kappa shape index (κ1) is 15.6. The van der Waals surface area contributed by atoms with Crippen LogP contribution in [0.1, 0.15) is 0 Å². The molecule has 0 amide bonds. The maximum atomic E-state index is 10.8. The molecule has 1 heterocycles. The number of phenols is 1. The summed E-state index contributed by atoms with van der Waals surface area (Å²) in [5, 5.41) is 19.5. The maximum absolute atomic E-state index is 10.8. The highest BCUT2D eigenvalue weighted by atomic mass is 16.5. The number of hydrogen-bond acceptors (Lipinski definition) is 5. The molecule has 0 spiro atoms. The van der Waals surface area contributed by atoms with E-state index in [2.05, 4.69) is 4.99 Å². The van der Waals surface area contributed by atoms with Gasteiger partial charge in [-0.15, -0.1) is 0 Å². The molecule has 1 aromatic heterocycles. The van der Waals surface area contributed by atoms with E-state index < -0.39 is 5.97 Å². The lowest BCUT2D eigenvalue weighted by Gasteiger charge is -2.06. The van der Waals surface area contributed by atoms with Crippen LogP contribution in [0, 0.1) is 0 Å². The van der Waals surface area contributed by atoms with E-state index >= 15 is 0 Å². The van der Waals surface area contributed by atoms with Crippen molar-refractivity contribution in [1.82, 2.24) is 0 Å². The van der Waals surface area contributed by atoms with Crippen LogP contribution in [0.2, 0.25) is 0 Å². The second-order valence-corrected chi connectivity index (χ2v) is 5.11. The topological polar surface area (TPSA) is 92.3 Å². The van der Waals surface area contributed by atoms with E-state index in [9.17, 15) is 9.90 Å². The third-order valence-corrected chi connectivity index (χ3v) is 3.49. The summed E-state index contributed by atoms with van der Waals surface area (Å²) < 4.78 is 11.0. The van der Waals surface area contributed by atoms with Crippen molar-refractivity contribution in [2.45, 2.75) is 0 Å². The molecule has 6 heteroatoms. The first-order chi connectivity index (χ1) is 11.6. The first-order valence-electron chi connectivity index (χ1n) is 7.20. The van der Waals surface area contributed by atoms with Crippen molar-refractivity contribution in [3.8, 4) is 22.8 Å². The van der Waals surface area contributed by atoms with Gasteiger partial charge in [-0.25, -0.2) is 0 Å². The molecule has 3 rings (SSSR count). The Labute approximate surface area is 137 Å². The fourth-order valence-corrected chi connectivity index (χ4v) is 2.34. The summed E-state index contributed by atoms with van der Waals surface area (Å²) in [6, 6.07) is 13.6. The standard InChI is InChI=1S/C18H15NO5/c1-23-13-5-2-11(3-6-13)17-9-15(19-10-18(21)22)14-8-12(20)4-7-16(14)24-17/h2-9,20H,10H2,1H3,(H,21,22). The highest BCUT2D eigenvalue weighted by molar-refractivity contribution is 5.80. The fourth-order valence-electron chi connectivity index (χ4n) is 2.34. The molecule has 0 aliphatic rings. The molecule has 0 saturated carbocycles. The summed E-state index contributed by atoms with van der Waals surface area (Å²) in [7, 11) is 1.59. The number of ether oxygens (including phenoxy) is 1. The summed E-state index contributed by atoms with van der Waals surface area (Å²) in [4.78, 5) is 14.9. The van der Waals surface area contributed by atoms with E-state index in [4.69, 9.17) is 14.3 Å². The van der Waals surface area contributed by atoms with Crippen molar-refractivity contribution >= 4 is 16.9 Å². The molecule has 0 aliphatic carbocycles. The summed E-state index contributed by atoms with van der Waals surface area (Å²) in [6.45, 7) is -0.364. The molecule has 0 bridgehead atoms. The summed E-state index contributed by atoms with van der Waals surface area (Å²) in [5.41, 5.74) is 1.31. The number of aromatic hydroxyl groups is 1. The Morgan fingerprint density at radius 2 is 1.92 bits per heavy atom. The molecule has 0 saturated heterocycles. The van der Waals surface area contributed by atoms with Gasteiger partial charge in [0.05, 0.1) is 12.5 Å². The van der Waals surface area contributed by atoms with Gasteiger partial charge in [0, 0.05) is 17.0 Å². The highest BCUT2D eigenvalue weighted by Gasteiger charge is 2.07. The molecule has 0 radical (unpaired) electrons. The van der Waals surface area contributed by atoms with Crippen LogP contribution in [0.25, 0.3) is 22.3 Å². The number of carboxylic acids is 1. The Kier molecular flexibility index (Phi) is 4.20. The van der Waals surface area contributed by atoms with Crippen LogP contribution in [0.15, 0.2) is 57.9 Å². The van der Waals surface area contributed by atoms with Crippen molar-refractivity contribution < 1.29 is 24.2 Å². The van der Waals surface area contributed by atoms with E-state index in [1.54, 1.807) is 31.4 Å². The Morgan fingerprint density at radius 1 is 1.17 bits per heavy atom. The predicted molar refractivity (Wildman–Crippen MR) is 87.9 cm³/mol. The van der Waals surface area contributed by atoms with Crippen LogP contribution in [-0.4, -0.2) is 29.8 Å². The lowest BCUT2D eigenvalue weighted by atomic mass is 10.1. The number of nitrogens with zero attached hydrogens (tertiary/aromatic N) is 1. The molecule has 24 heavy (non-hydrogen) atoms. The van der Waals surface area contributed by atoms with Gasteiger partial charge in [-0.1, -0.05) is 0 Å². The molecule has 2 aromatic carbocycles. The maximum Gasteiger partial charge on any atom is 0.325 e. The number of fused-ring (bicyclic) bond motifs is 1. The van der Waals surface area contributed by atoms with Gasteiger partial charge < -0.3 is 19.4 Å². The molecule has 122 valence electrons. The quantitative estimate of drug-likeness (QED) is 0.769. The van der Waals surface area contributed by atoms with E-state index in [0.717, 1.165) is 11.3 Å². The molecule has 2 N–H and O–H groups in total. The molecule has 0 atom stereocenters. The van der Waals surface area contributed by atoms with Gasteiger partial charge in [0.25, 0.3) is 0 Å². The van der Waals surface area contributed by atoms with Crippen LogP contribution >= 0.6 is 0 Å². The van der Waals surface area contributed by atoms with Crippen molar-refractivity contribution in [2.75, 3.05) is 13.7 Å². The zero-order chi connectivity index (χ0) is 17.1. The number of aliphatic carboxylic acids is 1. The Bertz CT molecular complexity index is 957. The third kappa shape index (κ3) is 3.22. The number of rotatable bonds is 4. The van der Waals surface area contributed by atoms with Gasteiger partial charge >= 0.3 is 5.97 Å². The summed E-state index contributed by atoms with van der Waals surface area (Å²) in [5.74, 6) is 0.289. The van der Waals surface area contributed by atoms with E-state index in [1.165, 1.54) is 12.1 Å². The van der Waals surface area contributed by atoms with Gasteiger partial charge in [-0.05, 0) is 42.5 Å². The third-order valence-electron chi connectivity index (χ3n) is 3.49. The van der Waals surface area contributed by atoms with E-state index in [0.29, 0.717) is 22.1 Å². The predicted octanol–water partition coefficient (Wildman–Crippen LogP) is 2.80. The normalized spacial score (nSPS) is 11.6. The highest BCUT2D eigenvalue weighted by Crippen LogP contribution is 2.25. The van der Waals surface area contributed by atoms with Gasteiger partial charge in [0.1, 0.15) is 29.4 Å². The van der Waals surface area contributed by atoms with Gasteiger partial charge in [0.2, 0.25) is 0 Å². The lowest BCUT2D eigenvalue weighted by Crippen LogP contribution is -2.09. The van der Waals surface area contributed by atoms with Crippen LogP contribution in [0.3, 0.4) is 0 Å². The summed E-state index contributed by atoms with van der Waals surface area (Å²) >= 11 is 0. The Balaban J connectivity index is 2.20. The average Bonchev–Trinajstić information content (AvgIpc) is 2.59. The molecule has 6 nitrogen and oxygen atoms in total. The number of phenolic OH excluding ortho intramolecular Hbond substituents is 1. The van der Waals surface area contributed by atoms with Crippen molar-refractivity contribution in [1.29, 1.82) is 0 Å². The van der Waals surface area contributed by atoms with E-state index in [-0.39, 0.29) is 12.3 Å². The first-order valence-corrected chi connectivity index (χ1v) is 7.20. The zero-order valence-corrected chi connectivity index (χ0v) is 12.9. The minimum Gasteiger partial charge on any atom is -0.508 e. The molecule has 0 aliphatic heterocycles. The zero-order valence-electron chi connectivity index (χ0n) is 12.9. The molecule has 3 aromatic rings. The van der Waals surface area contributed by atoms with Gasteiger partial charge in [-0.3, -0.25) is 9.79 Å². The average molecular weight is 325 g/mol. The molecular formula is C18H15NO5. The van der Waals surface area contributed by atoms with Gasteiger partial charge in [-0.2, -0.15) is 0 Å². The van der Waals surface area contributed by atoms with Crippen molar-refractivity contribution in [2.24, 2.45) is 4.99 Å². The van der Waals surface area contributed by atoms with E-state index in [1.807, 2.05) is 12.1 Å². The van der Waals surface area contributed by atoms with Crippen LogP contribution in [0.4, 0.5) is 0 Å². The molecule has 0 unspecified atom stereocenters. The molecule has 0 fully saturated rings. The minimum atomic E-state index is -1.03. The minimum absolute atomic E-state index is 0.0571. The molecular weight excluding hydrogens is 310 g/mol. The Hall–Kier alpha value is -3.28. The smallest absolute Gasteiger partial charge is 0.325 e. The number of carbonyl (C=O) groups is 1. The number of hydrogen-bond donors (Lipinski definition) is 2. The number of carboxylic acid groups (broad SMARTS) is 1. The largest absolute Gasteiger partial charge is 0.508 e. The lowest BCUT2D eigenvalue weighted by molar-refractivity contribution is -0.135. The van der Waals surface area contributed by atoms with Crippen LogP contribution in [-0.2, 0) is 4.79 Å². The Morgan fingerprint density at radius 3 is 2.58 bits per heavy atom. The second-order valence-electron chi connectivity index (χ2n) is 5.11. The monoisotopic (exact) mass is 325 g/mol. The van der Waals surface area contributed by atoms with Crippen molar-refractivity contribution in [3.63, 3.8) is 0 Å². The fraction of sp³-hybridized carbons (Fsp3) is 0.111. The summed E-state index contributed by atoms with van der Waals surface area (Å²) in [6.07, 6.45) is 0. The van der Waals surface area contributed by atoms with Crippen LogP contribution in [0.5, 0.6) is 11.5 Å².